The van der Waals surface area contributed by atoms with Gasteiger partial charge in [0.2, 0.25) is 0 Å². The molecule has 54 valence electrons. The van der Waals surface area contributed by atoms with Crippen LogP contribution in [-0.2, 0) is 4.74 Å². The SMILES string of the molecule is CC1(OCCCN)CC1. The van der Waals surface area contributed by atoms with Crippen molar-refractivity contribution in [2.24, 2.45) is 5.73 Å². The molecule has 1 aliphatic carbocycles. The second-order valence-corrected chi connectivity index (χ2v) is 2.94. The molecule has 0 atom stereocenters. The third-order valence-electron chi connectivity index (χ3n) is 1.75. The molecule has 2 N–H and O–H groups in total. The Morgan fingerprint density at radius 2 is 2.22 bits per heavy atom. The summed E-state index contributed by atoms with van der Waals surface area (Å²) in [5.41, 5.74) is 5.54. The topological polar surface area (TPSA) is 35.2 Å². The summed E-state index contributed by atoms with van der Waals surface area (Å²) in [4.78, 5) is 0. The van der Waals surface area contributed by atoms with Crippen molar-refractivity contribution in [3.63, 3.8) is 0 Å². The van der Waals surface area contributed by atoms with E-state index < -0.39 is 0 Å². The summed E-state index contributed by atoms with van der Waals surface area (Å²) in [6.07, 6.45) is 3.46. The van der Waals surface area contributed by atoms with Crippen LogP contribution in [0.5, 0.6) is 0 Å². The molecule has 1 fully saturated rings. The maximum atomic E-state index is 5.50. The van der Waals surface area contributed by atoms with Gasteiger partial charge in [0.1, 0.15) is 0 Å². The maximum Gasteiger partial charge on any atom is 0.0656 e. The Morgan fingerprint density at radius 3 is 2.67 bits per heavy atom. The van der Waals surface area contributed by atoms with Crippen LogP contribution < -0.4 is 5.73 Å². The van der Waals surface area contributed by atoms with E-state index in [2.05, 4.69) is 6.92 Å². The highest BCUT2D eigenvalue weighted by atomic mass is 16.5. The highest BCUT2D eigenvalue weighted by Gasteiger charge is 2.37. The van der Waals surface area contributed by atoms with Gasteiger partial charge in [0.05, 0.1) is 5.60 Å². The van der Waals surface area contributed by atoms with Gasteiger partial charge in [0.15, 0.2) is 0 Å². The fraction of sp³-hybridized carbons (Fsp3) is 1.00. The molecule has 0 aromatic carbocycles. The second kappa shape index (κ2) is 2.67. The average molecular weight is 129 g/mol. The predicted molar refractivity (Wildman–Crippen MR) is 37.3 cm³/mol. The van der Waals surface area contributed by atoms with E-state index in [4.69, 9.17) is 10.5 Å². The van der Waals surface area contributed by atoms with E-state index in [9.17, 15) is 0 Å². The molecule has 9 heavy (non-hydrogen) atoms. The molecular formula is C7H15NO. The van der Waals surface area contributed by atoms with E-state index in [1.54, 1.807) is 0 Å². The molecule has 1 saturated carbocycles. The Bertz CT molecular complexity index is 88.9. The summed E-state index contributed by atoms with van der Waals surface area (Å²) >= 11 is 0. The molecule has 0 radical (unpaired) electrons. The van der Waals surface area contributed by atoms with E-state index >= 15 is 0 Å². The van der Waals surface area contributed by atoms with Gasteiger partial charge in [-0.15, -0.1) is 0 Å². The zero-order valence-electron chi connectivity index (χ0n) is 6.02. The summed E-state index contributed by atoms with van der Waals surface area (Å²) in [6, 6.07) is 0. The van der Waals surface area contributed by atoms with E-state index in [1.165, 1.54) is 12.8 Å². The minimum Gasteiger partial charge on any atom is -0.375 e. The molecule has 1 aliphatic rings. The number of rotatable bonds is 4. The van der Waals surface area contributed by atoms with E-state index in [0.717, 1.165) is 19.6 Å². The monoisotopic (exact) mass is 129 g/mol. The lowest BCUT2D eigenvalue weighted by Gasteiger charge is -2.08. The molecular weight excluding hydrogens is 114 g/mol. The lowest BCUT2D eigenvalue weighted by atomic mass is 10.4. The number of ether oxygens (including phenoxy) is 1. The summed E-state index contributed by atoms with van der Waals surface area (Å²) in [7, 11) is 0. The van der Waals surface area contributed by atoms with Crippen LogP contribution in [0.25, 0.3) is 0 Å². The molecule has 2 nitrogen and oxygen atoms in total. The molecule has 0 saturated heterocycles. The van der Waals surface area contributed by atoms with Gasteiger partial charge in [-0.1, -0.05) is 0 Å². The third kappa shape index (κ3) is 2.33. The molecule has 2 heteroatoms. The van der Waals surface area contributed by atoms with Crippen molar-refractivity contribution in [2.75, 3.05) is 13.2 Å². The van der Waals surface area contributed by atoms with Crippen molar-refractivity contribution in [1.29, 1.82) is 0 Å². The van der Waals surface area contributed by atoms with Gasteiger partial charge in [-0.25, -0.2) is 0 Å². The van der Waals surface area contributed by atoms with Crippen LogP contribution in [0.15, 0.2) is 0 Å². The number of hydrogen-bond acceptors (Lipinski definition) is 2. The van der Waals surface area contributed by atoms with Gasteiger partial charge in [-0.05, 0) is 32.7 Å². The van der Waals surface area contributed by atoms with Gasteiger partial charge in [-0.2, -0.15) is 0 Å². The number of hydrogen-bond donors (Lipinski definition) is 1. The van der Waals surface area contributed by atoms with Crippen LogP contribution in [-0.4, -0.2) is 18.8 Å². The van der Waals surface area contributed by atoms with Crippen LogP contribution in [0, 0.1) is 0 Å². The van der Waals surface area contributed by atoms with Crippen LogP contribution in [0.1, 0.15) is 26.2 Å². The average Bonchev–Trinajstić information content (AvgIpc) is 2.50. The summed E-state index contributed by atoms with van der Waals surface area (Å²) in [5, 5.41) is 0. The Kier molecular flexibility index (Phi) is 2.09. The lowest BCUT2D eigenvalue weighted by molar-refractivity contribution is 0.0459. The molecule has 0 heterocycles. The molecule has 0 aromatic rings. The normalized spacial score (nSPS) is 22.0. The summed E-state index contributed by atoms with van der Waals surface area (Å²) in [5.74, 6) is 0. The standard InChI is InChI=1S/C7H15NO/c1-7(3-4-7)9-6-2-5-8/h2-6,8H2,1H3. The first-order valence-electron chi connectivity index (χ1n) is 3.61. The van der Waals surface area contributed by atoms with Crippen LogP contribution in [0.3, 0.4) is 0 Å². The van der Waals surface area contributed by atoms with Crippen molar-refractivity contribution in [1.82, 2.24) is 0 Å². The fourth-order valence-electron chi connectivity index (χ4n) is 0.722. The largest absolute Gasteiger partial charge is 0.375 e. The molecule has 0 aliphatic heterocycles. The van der Waals surface area contributed by atoms with E-state index in [1.807, 2.05) is 0 Å². The second-order valence-electron chi connectivity index (χ2n) is 2.94. The molecule has 0 bridgehead atoms. The first-order chi connectivity index (χ1) is 4.27. The quantitative estimate of drug-likeness (QED) is 0.572. The maximum absolute atomic E-state index is 5.50. The Balaban J connectivity index is 1.92. The van der Waals surface area contributed by atoms with Crippen molar-refractivity contribution in [2.45, 2.75) is 31.8 Å². The van der Waals surface area contributed by atoms with Crippen LogP contribution in [0.4, 0.5) is 0 Å². The van der Waals surface area contributed by atoms with E-state index in [-0.39, 0.29) is 5.60 Å². The summed E-state index contributed by atoms with van der Waals surface area (Å²) in [6.45, 7) is 3.74. The van der Waals surface area contributed by atoms with Crippen molar-refractivity contribution in [3.8, 4) is 0 Å². The lowest BCUT2D eigenvalue weighted by Crippen LogP contribution is -2.12. The Hall–Kier alpha value is -0.0800. The molecule has 1 rings (SSSR count). The minimum absolute atomic E-state index is 0.245. The zero-order valence-corrected chi connectivity index (χ0v) is 6.02. The third-order valence-corrected chi connectivity index (χ3v) is 1.75. The highest BCUT2D eigenvalue weighted by Crippen LogP contribution is 2.38. The zero-order chi connectivity index (χ0) is 6.74. The first kappa shape index (κ1) is 7.03. The highest BCUT2D eigenvalue weighted by molar-refractivity contribution is 4.90. The number of nitrogens with two attached hydrogens (primary N) is 1. The van der Waals surface area contributed by atoms with Crippen molar-refractivity contribution in [3.05, 3.63) is 0 Å². The van der Waals surface area contributed by atoms with Crippen molar-refractivity contribution < 1.29 is 4.74 Å². The van der Waals surface area contributed by atoms with Gasteiger partial charge in [-0.3, -0.25) is 0 Å². The molecule has 0 spiro atoms. The van der Waals surface area contributed by atoms with Gasteiger partial charge in [0.25, 0.3) is 0 Å². The minimum atomic E-state index is 0.245. The molecule has 0 amide bonds. The van der Waals surface area contributed by atoms with Crippen LogP contribution in [0.2, 0.25) is 0 Å². The Labute approximate surface area is 56.4 Å². The fourth-order valence-corrected chi connectivity index (χ4v) is 0.722. The smallest absolute Gasteiger partial charge is 0.0656 e. The van der Waals surface area contributed by atoms with E-state index in [0.29, 0.717) is 0 Å². The summed E-state index contributed by atoms with van der Waals surface area (Å²) < 4.78 is 5.50. The first-order valence-corrected chi connectivity index (χ1v) is 3.61. The van der Waals surface area contributed by atoms with Gasteiger partial charge < -0.3 is 10.5 Å². The van der Waals surface area contributed by atoms with Crippen molar-refractivity contribution >= 4 is 0 Å². The molecule has 0 aromatic heterocycles. The molecule has 0 unspecified atom stereocenters. The van der Waals surface area contributed by atoms with Crippen LogP contribution >= 0.6 is 0 Å². The predicted octanol–water partition coefficient (Wildman–Crippen LogP) is 0.904. The van der Waals surface area contributed by atoms with Gasteiger partial charge in [0, 0.05) is 6.61 Å². The van der Waals surface area contributed by atoms with Gasteiger partial charge >= 0.3 is 0 Å². The Morgan fingerprint density at radius 1 is 1.56 bits per heavy atom.